The first-order valence-electron chi connectivity index (χ1n) is 8.03. The molecule has 0 unspecified atom stereocenters. The zero-order valence-electron chi connectivity index (χ0n) is 14.2. The van der Waals surface area contributed by atoms with Crippen LogP contribution in [0, 0.1) is 13.8 Å². The first-order chi connectivity index (χ1) is 12.0. The highest BCUT2D eigenvalue weighted by molar-refractivity contribution is 7.89. The van der Waals surface area contributed by atoms with Crippen LogP contribution in [0.3, 0.4) is 0 Å². The van der Waals surface area contributed by atoms with Gasteiger partial charge < -0.3 is 0 Å². The van der Waals surface area contributed by atoms with E-state index in [0.717, 1.165) is 22.4 Å². The number of nitrogens with zero attached hydrogens (tertiary/aromatic N) is 1. The first kappa shape index (κ1) is 17.3. The Labute approximate surface area is 148 Å². The summed E-state index contributed by atoms with van der Waals surface area (Å²) < 4.78 is 27.9. The van der Waals surface area contributed by atoms with Crippen molar-refractivity contribution in [3.63, 3.8) is 0 Å². The van der Waals surface area contributed by atoms with E-state index in [0.29, 0.717) is 4.90 Å². The Morgan fingerprint density at radius 3 is 2.36 bits per heavy atom. The Kier molecular flexibility index (Phi) is 4.97. The molecule has 3 aromatic rings. The molecule has 128 valence electrons. The second-order valence-corrected chi connectivity index (χ2v) is 7.70. The van der Waals surface area contributed by atoms with Gasteiger partial charge in [-0.05, 0) is 37.1 Å². The van der Waals surface area contributed by atoms with Crippen molar-refractivity contribution >= 4 is 10.0 Å². The van der Waals surface area contributed by atoms with Gasteiger partial charge in [-0.15, -0.1) is 0 Å². The summed E-state index contributed by atoms with van der Waals surface area (Å²) in [7, 11) is -3.57. The summed E-state index contributed by atoms with van der Waals surface area (Å²) in [5.41, 5.74) is 4.48. The summed E-state index contributed by atoms with van der Waals surface area (Å²) in [5.74, 6) is 0. The van der Waals surface area contributed by atoms with E-state index in [4.69, 9.17) is 0 Å². The van der Waals surface area contributed by atoms with Gasteiger partial charge in [0.2, 0.25) is 10.0 Å². The van der Waals surface area contributed by atoms with E-state index >= 15 is 0 Å². The number of pyridine rings is 1. The summed E-state index contributed by atoms with van der Waals surface area (Å²) in [6, 6.07) is 18.7. The molecule has 5 heteroatoms. The maximum absolute atomic E-state index is 12.6. The van der Waals surface area contributed by atoms with Gasteiger partial charge in [0.25, 0.3) is 0 Å². The third-order valence-corrected chi connectivity index (χ3v) is 5.61. The van der Waals surface area contributed by atoms with E-state index in [9.17, 15) is 8.42 Å². The topological polar surface area (TPSA) is 59.1 Å². The molecule has 0 bridgehead atoms. The first-order valence-corrected chi connectivity index (χ1v) is 9.52. The van der Waals surface area contributed by atoms with Gasteiger partial charge in [-0.1, -0.05) is 54.1 Å². The molecule has 0 aliphatic rings. The van der Waals surface area contributed by atoms with E-state index in [-0.39, 0.29) is 6.54 Å². The van der Waals surface area contributed by atoms with E-state index in [2.05, 4.69) is 9.71 Å². The molecule has 3 rings (SSSR count). The average Bonchev–Trinajstić information content (AvgIpc) is 2.61. The van der Waals surface area contributed by atoms with Crippen LogP contribution in [0.1, 0.15) is 16.7 Å². The number of sulfonamides is 1. The zero-order valence-corrected chi connectivity index (χ0v) is 15.0. The number of nitrogens with one attached hydrogen (secondary N) is 1. The fourth-order valence-electron chi connectivity index (χ4n) is 2.66. The summed E-state index contributed by atoms with van der Waals surface area (Å²) in [4.78, 5) is 4.74. The monoisotopic (exact) mass is 352 g/mol. The van der Waals surface area contributed by atoms with Crippen molar-refractivity contribution in [1.82, 2.24) is 9.71 Å². The quantitative estimate of drug-likeness (QED) is 0.759. The molecule has 0 atom stereocenters. The molecule has 1 heterocycles. The Morgan fingerprint density at radius 1 is 0.920 bits per heavy atom. The van der Waals surface area contributed by atoms with Crippen LogP contribution in [-0.2, 0) is 16.6 Å². The number of aryl methyl sites for hydroxylation is 2. The van der Waals surface area contributed by atoms with Crippen molar-refractivity contribution in [2.24, 2.45) is 0 Å². The number of benzene rings is 2. The predicted molar refractivity (Wildman–Crippen MR) is 99.6 cm³/mol. The Balaban J connectivity index is 1.87. The van der Waals surface area contributed by atoms with Crippen molar-refractivity contribution in [1.29, 1.82) is 0 Å². The maximum Gasteiger partial charge on any atom is 0.241 e. The van der Waals surface area contributed by atoms with Crippen LogP contribution in [0.15, 0.2) is 71.8 Å². The van der Waals surface area contributed by atoms with Crippen molar-refractivity contribution < 1.29 is 8.42 Å². The van der Waals surface area contributed by atoms with Crippen LogP contribution in [0.5, 0.6) is 0 Å². The third kappa shape index (κ3) is 3.95. The van der Waals surface area contributed by atoms with E-state index in [1.165, 1.54) is 5.56 Å². The van der Waals surface area contributed by atoms with Gasteiger partial charge in [-0.3, -0.25) is 4.98 Å². The molecular formula is C20H20N2O2S. The van der Waals surface area contributed by atoms with E-state index in [1.54, 1.807) is 31.3 Å². The SMILES string of the molecule is Cc1ccc(-c2ncccc2CNS(=O)(=O)c2ccccc2C)cc1. The van der Waals surface area contributed by atoms with Crippen LogP contribution in [0.4, 0.5) is 0 Å². The molecule has 0 amide bonds. The lowest BCUT2D eigenvalue weighted by molar-refractivity contribution is 0.580. The smallest absolute Gasteiger partial charge is 0.241 e. The molecule has 0 saturated heterocycles. The van der Waals surface area contributed by atoms with Crippen LogP contribution < -0.4 is 4.72 Å². The Hall–Kier alpha value is -2.50. The van der Waals surface area contributed by atoms with Gasteiger partial charge in [-0.2, -0.15) is 0 Å². The van der Waals surface area contributed by atoms with Gasteiger partial charge in [-0.25, -0.2) is 13.1 Å². The molecule has 0 aliphatic carbocycles. The predicted octanol–water partition coefficient (Wildman–Crippen LogP) is 3.84. The van der Waals surface area contributed by atoms with Gasteiger partial charge in [0.1, 0.15) is 0 Å². The third-order valence-electron chi connectivity index (χ3n) is 4.05. The highest BCUT2D eigenvalue weighted by Gasteiger charge is 2.17. The second-order valence-electron chi connectivity index (χ2n) is 5.97. The molecule has 0 aliphatic heterocycles. The molecule has 4 nitrogen and oxygen atoms in total. The van der Waals surface area contributed by atoms with Gasteiger partial charge in [0.15, 0.2) is 0 Å². The molecular weight excluding hydrogens is 332 g/mol. The highest BCUT2D eigenvalue weighted by atomic mass is 32.2. The van der Waals surface area contributed by atoms with E-state index in [1.807, 2.05) is 49.4 Å². The largest absolute Gasteiger partial charge is 0.256 e. The van der Waals surface area contributed by atoms with Crippen LogP contribution in [0.25, 0.3) is 11.3 Å². The molecule has 25 heavy (non-hydrogen) atoms. The number of aromatic nitrogens is 1. The second kappa shape index (κ2) is 7.17. The van der Waals surface area contributed by atoms with Crippen molar-refractivity contribution in [3.05, 3.63) is 83.6 Å². The lowest BCUT2D eigenvalue weighted by Crippen LogP contribution is -2.24. The van der Waals surface area contributed by atoms with Gasteiger partial charge in [0.05, 0.1) is 10.6 Å². The van der Waals surface area contributed by atoms with Crippen molar-refractivity contribution in [2.75, 3.05) is 0 Å². The highest BCUT2D eigenvalue weighted by Crippen LogP contribution is 2.22. The Bertz CT molecular complexity index is 981. The maximum atomic E-state index is 12.6. The number of hydrogen-bond donors (Lipinski definition) is 1. The van der Waals surface area contributed by atoms with Crippen molar-refractivity contribution in [2.45, 2.75) is 25.3 Å². The lowest BCUT2D eigenvalue weighted by atomic mass is 10.0. The van der Waals surface area contributed by atoms with Gasteiger partial charge >= 0.3 is 0 Å². The summed E-state index contributed by atoms with van der Waals surface area (Å²) in [6.45, 7) is 4.00. The average molecular weight is 352 g/mol. The summed E-state index contributed by atoms with van der Waals surface area (Å²) >= 11 is 0. The molecule has 2 aromatic carbocycles. The summed E-state index contributed by atoms with van der Waals surface area (Å²) in [6.07, 6.45) is 1.72. The van der Waals surface area contributed by atoms with Crippen LogP contribution >= 0.6 is 0 Å². The molecule has 1 N–H and O–H groups in total. The fourth-order valence-corrected chi connectivity index (χ4v) is 3.91. The fraction of sp³-hybridized carbons (Fsp3) is 0.150. The minimum atomic E-state index is -3.57. The van der Waals surface area contributed by atoms with Crippen molar-refractivity contribution in [3.8, 4) is 11.3 Å². The zero-order chi connectivity index (χ0) is 17.9. The van der Waals surface area contributed by atoms with Gasteiger partial charge in [0, 0.05) is 18.3 Å². The number of rotatable bonds is 5. The minimum Gasteiger partial charge on any atom is -0.256 e. The molecule has 1 aromatic heterocycles. The molecule has 0 radical (unpaired) electrons. The number of hydrogen-bond acceptors (Lipinski definition) is 3. The normalized spacial score (nSPS) is 11.4. The molecule has 0 fully saturated rings. The minimum absolute atomic E-state index is 0.188. The summed E-state index contributed by atoms with van der Waals surface area (Å²) in [5, 5.41) is 0. The van der Waals surface area contributed by atoms with E-state index < -0.39 is 10.0 Å². The Morgan fingerprint density at radius 2 is 1.64 bits per heavy atom. The molecule has 0 spiro atoms. The molecule has 0 saturated carbocycles. The lowest BCUT2D eigenvalue weighted by Gasteiger charge is -2.12. The van der Waals surface area contributed by atoms with Crippen LogP contribution in [0.2, 0.25) is 0 Å². The van der Waals surface area contributed by atoms with Crippen LogP contribution in [-0.4, -0.2) is 13.4 Å². The standard InChI is InChI=1S/C20H20N2O2S/c1-15-9-11-17(12-10-15)20-18(7-5-13-21-20)14-22-25(23,24)19-8-4-3-6-16(19)2/h3-13,22H,14H2,1-2H3.